The molecule has 1 atom stereocenters. The maximum Gasteiger partial charge on any atom is 0.412 e. The van der Waals surface area contributed by atoms with Crippen LogP contribution in [0.2, 0.25) is 0 Å². The van der Waals surface area contributed by atoms with Gasteiger partial charge in [-0.2, -0.15) is 0 Å². The van der Waals surface area contributed by atoms with Crippen molar-refractivity contribution < 1.29 is 23.5 Å². The van der Waals surface area contributed by atoms with Gasteiger partial charge >= 0.3 is 6.09 Å². The van der Waals surface area contributed by atoms with Gasteiger partial charge in [-0.25, -0.2) is 9.18 Å². The summed E-state index contributed by atoms with van der Waals surface area (Å²) in [4.78, 5) is 38.8. The molecule has 31 heavy (non-hydrogen) atoms. The van der Waals surface area contributed by atoms with Gasteiger partial charge in [-0.15, -0.1) is 0 Å². The third-order valence-corrected chi connectivity index (χ3v) is 4.68. The average Bonchev–Trinajstić information content (AvgIpc) is 3.04. The Hall–Kier alpha value is -3.42. The van der Waals surface area contributed by atoms with E-state index in [1.54, 1.807) is 25.7 Å². The fourth-order valence-corrected chi connectivity index (χ4v) is 3.28. The van der Waals surface area contributed by atoms with Crippen molar-refractivity contribution in [3.05, 3.63) is 59.9 Å². The van der Waals surface area contributed by atoms with Crippen LogP contribution in [0.25, 0.3) is 0 Å². The van der Waals surface area contributed by atoms with Gasteiger partial charge in [0.25, 0.3) is 0 Å². The Morgan fingerprint density at radius 1 is 1.10 bits per heavy atom. The summed E-state index contributed by atoms with van der Waals surface area (Å²) in [5, 5.41) is 5.16. The lowest BCUT2D eigenvalue weighted by atomic mass is 10.1. The van der Waals surface area contributed by atoms with Crippen molar-refractivity contribution in [3.8, 4) is 0 Å². The highest BCUT2D eigenvalue weighted by molar-refractivity contribution is 6.01. The van der Waals surface area contributed by atoms with Gasteiger partial charge in [-0.1, -0.05) is 30.3 Å². The number of hydrogen-bond acceptors (Lipinski definition) is 4. The number of carbonyl (C=O) groups excluding carboxylic acids is 3. The molecular formula is C23H26FN3O4. The van der Waals surface area contributed by atoms with Gasteiger partial charge < -0.3 is 15.0 Å². The summed E-state index contributed by atoms with van der Waals surface area (Å²) in [5.74, 6) is -1.68. The molecule has 1 heterocycles. The first-order valence-corrected chi connectivity index (χ1v) is 10.0. The molecule has 0 saturated carbocycles. The molecule has 1 aliphatic heterocycles. The largest absolute Gasteiger partial charge is 0.444 e. The molecule has 164 valence electrons. The van der Waals surface area contributed by atoms with Gasteiger partial charge in [0.2, 0.25) is 11.8 Å². The summed E-state index contributed by atoms with van der Waals surface area (Å²) in [6, 6.07) is 13.1. The maximum absolute atomic E-state index is 13.8. The molecule has 1 unspecified atom stereocenters. The van der Waals surface area contributed by atoms with Crippen molar-refractivity contribution in [2.75, 3.05) is 17.2 Å². The highest BCUT2D eigenvalue weighted by atomic mass is 19.1. The molecule has 0 aliphatic carbocycles. The van der Waals surface area contributed by atoms with Crippen LogP contribution in [0.15, 0.2) is 48.5 Å². The van der Waals surface area contributed by atoms with E-state index in [4.69, 9.17) is 4.74 Å². The zero-order valence-corrected chi connectivity index (χ0v) is 17.8. The summed E-state index contributed by atoms with van der Waals surface area (Å²) >= 11 is 0. The molecule has 8 heteroatoms. The molecule has 1 saturated heterocycles. The van der Waals surface area contributed by atoms with Crippen molar-refractivity contribution in [2.24, 2.45) is 5.92 Å². The second-order valence-electron chi connectivity index (χ2n) is 8.47. The minimum absolute atomic E-state index is 0.0722. The lowest BCUT2D eigenvalue weighted by Gasteiger charge is -2.21. The number of halogens is 1. The second-order valence-corrected chi connectivity index (χ2v) is 8.47. The number of amides is 3. The third kappa shape index (κ3) is 6.28. The monoisotopic (exact) mass is 427 g/mol. The summed E-state index contributed by atoms with van der Waals surface area (Å²) in [5.41, 5.74) is 0.574. The zero-order valence-electron chi connectivity index (χ0n) is 17.8. The van der Waals surface area contributed by atoms with Crippen LogP contribution in [-0.2, 0) is 20.9 Å². The summed E-state index contributed by atoms with van der Waals surface area (Å²) in [6.07, 6.45) is -0.650. The quantitative estimate of drug-likeness (QED) is 0.750. The van der Waals surface area contributed by atoms with Crippen LogP contribution in [0.5, 0.6) is 0 Å². The average molecular weight is 427 g/mol. The molecule has 2 N–H and O–H groups in total. The number of rotatable bonds is 5. The Balaban J connectivity index is 1.66. The maximum atomic E-state index is 13.8. The lowest BCUT2D eigenvalue weighted by molar-refractivity contribution is -0.128. The molecule has 3 amide bonds. The number of nitrogens with one attached hydrogen (secondary N) is 2. The van der Waals surface area contributed by atoms with Gasteiger partial charge in [0.05, 0.1) is 17.3 Å². The topological polar surface area (TPSA) is 87.7 Å². The molecule has 1 aliphatic rings. The van der Waals surface area contributed by atoms with E-state index in [-0.39, 0.29) is 30.2 Å². The molecular weight excluding hydrogens is 401 g/mol. The molecule has 2 aromatic carbocycles. The zero-order chi connectivity index (χ0) is 22.6. The van der Waals surface area contributed by atoms with Crippen LogP contribution < -0.4 is 10.6 Å². The predicted molar refractivity (Wildman–Crippen MR) is 115 cm³/mol. The van der Waals surface area contributed by atoms with E-state index < -0.39 is 29.3 Å². The molecule has 0 radical (unpaired) electrons. The first-order valence-electron chi connectivity index (χ1n) is 10.0. The predicted octanol–water partition coefficient (Wildman–Crippen LogP) is 4.16. The number of likely N-dealkylation sites (tertiary alicyclic amines) is 1. The summed E-state index contributed by atoms with van der Waals surface area (Å²) in [6.45, 7) is 5.85. The SMILES string of the molecule is CC(C)(C)OC(=O)Nc1ccc(F)cc1NC(=O)C1CC(=O)N(Cc2ccccc2)C1. The first-order chi connectivity index (χ1) is 14.6. The van der Waals surface area contributed by atoms with E-state index in [0.29, 0.717) is 6.54 Å². The lowest BCUT2D eigenvalue weighted by Crippen LogP contribution is -2.29. The summed E-state index contributed by atoms with van der Waals surface area (Å²) < 4.78 is 19.0. The van der Waals surface area contributed by atoms with Crippen LogP contribution in [0.3, 0.4) is 0 Å². The molecule has 0 spiro atoms. The molecule has 0 aromatic heterocycles. The van der Waals surface area contributed by atoms with Crippen molar-refractivity contribution in [2.45, 2.75) is 39.3 Å². The van der Waals surface area contributed by atoms with E-state index in [1.165, 1.54) is 12.1 Å². The number of carbonyl (C=O) groups is 3. The highest BCUT2D eigenvalue weighted by Crippen LogP contribution is 2.27. The Kier molecular flexibility index (Phi) is 6.58. The Morgan fingerprint density at radius 3 is 2.48 bits per heavy atom. The van der Waals surface area contributed by atoms with E-state index >= 15 is 0 Å². The van der Waals surface area contributed by atoms with Gasteiger partial charge in [0.1, 0.15) is 11.4 Å². The van der Waals surface area contributed by atoms with Crippen LogP contribution >= 0.6 is 0 Å². The van der Waals surface area contributed by atoms with Crippen LogP contribution in [0.4, 0.5) is 20.6 Å². The molecule has 3 rings (SSSR count). The van der Waals surface area contributed by atoms with Crippen molar-refractivity contribution in [3.63, 3.8) is 0 Å². The van der Waals surface area contributed by atoms with E-state index in [0.717, 1.165) is 11.6 Å². The summed E-state index contributed by atoms with van der Waals surface area (Å²) in [7, 11) is 0. The normalized spacial score (nSPS) is 16.2. The molecule has 1 fully saturated rings. The number of hydrogen-bond donors (Lipinski definition) is 2. The minimum atomic E-state index is -0.723. The number of benzene rings is 2. The number of nitrogens with zero attached hydrogens (tertiary/aromatic N) is 1. The van der Waals surface area contributed by atoms with Crippen molar-refractivity contribution >= 4 is 29.3 Å². The Labute approximate surface area is 180 Å². The Morgan fingerprint density at radius 2 is 1.81 bits per heavy atom. The van der Waals surface area contributed by atoms with Crippen molar-refractivity contribution in [1.29, 1.82) is 0 Å². The van der Waals surface area contributed by atoms with E-state index in [9.17, 15) is 18.8 Å². The first kappa shape index (κ1) is 22.3. The standard InChI is InChI=1S/C23H26FN3O4/c1-23(2,3)31-22(30)26-18-10-9-17(24)12-19(18)25-21(29)16-11-20(28)27(14-16)13-15-7-5-4-6-8-15/h4-10,12,16H,11,13-14H2,1-3H3,(H,25,29)(H,26,30). The second kappa shape index (κ2) is 9.16. The number of anilines is 2. The van der Waals surface area contributed by atoms with Crippen LogP contribution in [-0.4, -0.2) is 35.0 Å². The smallest absolute Gasteiger partial charge is 0.412 e. The van der Waals surface area contributed by atoms with Gasteiger partial charge in [0.15, 0.2) is 0 Å². The fraction of sp³-hybridized carbons (Fsp3) is 0.348. The van der Waals surface area contributed by atoms with Gasteiger partial charge in [-0.3, -0.25) is 14.9 Å². The van der Waals surface area contributed by atoms with E-state index in [2.05, 4.69) is 10.6 Å². The molecule has 7 nitrogen and oxygen atoms in total. The molecule has 2 aromatic rings. The van der Waals surface area contributed by atoms with Gasteiger partial charge in [0, 0.05) is 19.5 Å². The van der Waals surface area contributed by atoms with Crippen LogP contribution in [0, 0.1) is 11.7 Å². The van der Waals surface area contributed by atoms with E-state index in [1.807, 2.05) is 30.3 Å². The fourth-order valence-electron chi connectivity index (χ4n) is 3.28. The van der Waals surface area contributed by atoms with Gasteiger partial charge in [-0.05, 0) is 44.5 Å². The highest BCUT2D eigenvalue weighted by Gasteiger charge is 2.34. The molecule has 0 bridgehead atoms. The minimum Gasteiger partial charge on any atom is -0.444 e. The van der Waals surface area contributed by atoms with Crippen molar-refractivity contribution in [1.82, 2.24) is 4.90 Å². The third-order valence-electron chi connectivity index (χ3n) is 4.68. The van der Waals surface area contributed by atoms with Crippen LogP contribution in [0.1, 0.15) is 32.8 Å². The Bertz CT molecular complexity index is 973. The number of ether oxygens (including phenoxy) is 1.